The number of halogens is 3. The van der Waals surface area contributed by atoms with Crippen molar-refractivity contribution in [1.82, 2.24) is 24.2 Å². The zero-order valence-corrected chi connectivity index (χ0v) is 22.2. The maximum atomic E-state index is 14.0. The standard InChI is InChI=1S/C25H20BrF2N5O3S/c1-25(28)12-32(13-25)20(34)11-31-14-29-23-22(24(31)35)21(15-5-6-18(27)17(26)8-15)19(37-23)4-3-7-33-10-16(36-2)9-30-33/h5-6,8-10,14H,7,11-13H2,1-2H3. The quantitative estimate of drug-likeness (QED) is 0.331. The van der Waals surface area contributed by atoms with E-state index in [0.29, 0.717) is 26.6 Å². The van der Waals surface area contributed by atoms with Crippen molar-refractivity contribution in [2.75, 3.05) is 20.2 Å². The molecule has 0 N–H and O–H groups in total. The monoisotopic (exact) mass is 587 g/mol. The Hall–Kier alpha value is -3.56. The molecule has 1 aliphatic heterocycles. The molecule has 0 saturated carbocycles. The van der Waals surface area contributed by atoms with Crippen LogP contribution in [0.3, 0.4) is 0 Å². The van der Waals surface area contributed by atoms with E-state index in [0.717, 1.165) is 0 Å². The van der Waals surface area contributed by atoms with Crippen LogP contribution in [0.25, 0.3) is 21.3 Å². The summed E-state index contributed by atoms with van der Waals surface area (Å²) >= 11 is 4.44. The molecule has 0 spiro atoms. The van der Waals surface area contributed by atoms with Crippen molar-refractivity contribution in [1.29, 1.82) is 0 Å². The van der Waals surface area contributed by atoms with E-state index in [9.17, 15) is 18.4 Å². The SMILES string of the molecule is COc1cnn(CC#Cc2sc3ncn(CC(=O)N4CC(C)(F)C4)c(=O)c3c2-c2ccc(F)c(Br)c2)c1. The molecule has 8 nitrogen and oxygen atoms in total. The van der Waals surface area contributed by atoms with Crippen molar-refractivity contribution in [3.05, 3.63) is 62.4 Å². The number of fused-ring (bicyclic) bond motifs is 1. The van der Waals surface area contributed by atoms with Gasteiger partial charge in [-0.15, -0.1) is 11.3 Å². The smallest absolute Gasteiger partial charge is 0.263 e. The van der Waals surface area contributed by atoms with Crippen LogP contribution in [0.5, 0.6) is 5.75 Å². The first-order chi connectivity index (χ1) is 17.6. The Bertz CT molecular complexity index is 1640. The first-order valence-corrected chi connectivity index (χ1v) is 12.8. The molecule has 0 bridgehead atoms. The minimum Gasteiger partial charge on any atom is -0.493 e. The van der Waals surface area contributed by atoms with Crippen molar-refractivity contribution >= 4 is 43.4 Å². The van der Waals surface area contributed by atoms with E-state index in [2.05, 4.69) is 37.9 Å². The number of ether oxygens (including phenoxy) is 1. The Labute approximate surface area is 222 Å². The molecule has 4 aromatic rings. The van der Waals surface area contributed by atoms with Crippen LogP contribution in [-0.2, 0) is 17.9 Å². The molecule has 3 aromatic heterocycles. The lowest BCUT2D eigenvalue weighted by Crippen LogP contribution is -2.60. The van der Waals surface area contributed by atoms with Gasteiger partial charge in [0, 0.05) is 5.56 Å². The summed E-state index contributed by atoms with van der Waals surface area (Å²) in [7, 11) is 1.55. The van der Waals surface area contributed by atoms with Gasteiger partial charge in [-0.1, -0.05) is 17.9 Å². The van der Waals surface area contributed by atoms with Gasteiger partial charge in [-0.3, -0.25) is 18.8 Å². The molecule has 37 heavy (non-hydrogen) atoms. The van der Waals surface area contributed by atoms with Gasteiger partial charge in [0.1, 0.15) is 29.4 Å². The van der Waals surface area contributed by atoms with E-state index in [1.54, 1.807) is 36.3 Å². The fourth-order valence-electron chi connectivity index (χ4n) is 4.06. The van der Waals surface area contributed by atoms with Crippen molar-refractivity contribution in [2.24, 2.45) is 0 Å². The third-order valence-electron chi connectivity index (χ3n) is 5.87. The molecule has 1 fully saturated rings. The third-order valence-corrected chi connectivity index (χ3v) is 7.50. The summed E-state index contributed by atoms with van der Waals surface area (Å²) < 4.78 is 36.0. The Balaban J connectivity index is 1.56. The van der Waals surface area contributed by atoms with Crippen LogP contribution in [0.4, 0.5) is 8.78 Å². The Morgan fingerprint density at radius 3 is 2.81 bits per heavy atom. The molecule has 1 aromatic carbocycles. The van der Waals surface area contributed by atoms with Gasteiger partial charge in [0.25, 0.3) is 5.56 Å². The number of carbonyl (C=O) groups is 1. The summed E-state index contributed by atoms with van der Waals surface area (Å²) in [5, 5.41) is 4.45. The molecule has 190 valence electrons. The Kier molecular flexibility index (Phi) is 6.59. The number of thiophene rings is 1. The molecule has 0 atom stereocenters. The molecule has 4 heterocycles. The number of benzene rings is 1. The fraction of sp³-hybridized carbons (Fsp3) is 0.280. The van der Waals surface area contributed by atoms with Crippen molar-refractivity contribution in [3.63, 3.8) is 0 Å². The highest BCUT2D eigenvalue weighted by Crippen LogP contribution is 2.37. The number of rotatable bonds is 5. The van der Waals surface area contributed by atoms with Gasteiger partial charge in [-0.2, -0.15) is 5.10 Å². The second-order valence-electron chi connectivity index (χ2n) is 8.84. The number of methoxy groups -OCH3 is 1. The summed E-state index contributed by atoms with van der Waals surface area (Å²) in [5.74, 6) is 5.93. The van der Waals surface area contributed by atoms with Crippen LogP contribution in [0.2, 0.25) is 0 Å². The number of carbonyl (C=O) groups excluding carboxylic acids is 1. The van der Waals surface area contributed by atoms with Gasteiger partial charge in [0.15, 0.2) is 5.75 Å². The molecule has 1 amide bonds. The first kappa shape index (κ1) is 25.1. The molecular formula is C25H20BrF2N5O3S. The normalized spacial score (nSPS) is 14.2. The van der Waals surface area contributed by atoms with Crippen molar-refractivity contribution in [3.8, 4) is 28.7 Å². The number of hydrogen-bond acceptors (Lipinski definition) is 6. The molecule has 0 radical (unpaired) electrons. The fourth-order valence-corrected chi connectivity index (χ4v) is 5.47. The number of aromatic nitrogens is 4. The average molecular weight is 588 g/mol. The topological polar surface area (TPSA) is 82.2 Å². The van der Waals surface area contributed by atoms with Gasteiger partial charge in [0.05, 0.1) is 53.7 Å². The van der Waals surface area contributed by atoms with E-state index < -0.39 is 17.0 Å². The van der Waals surface area contributed by atoms with Crippen molar-refractivity contribution < 1.29 is 18.3 Å². The summed E-state index contributed by atoms with van der Waals surface area (Å²) in [6.45, 7) is 1.43. The van der Waals surface area contributed by atoms with Crippen LogP contribution < -0.4 is 10.3 Å². The molecular weight excluding hydrogens is 568 g/mol. The summed E-state index contributed by atoms with van der Waals surface area (Å²) in [5.41, 5.74) is -0.762. The summed E-state index contributed by atoms with van der Waals surface area (Å²) in [6, 6.07) is 4.44. The highest BCUT2D eigenvalue weighted by Gasteiger charge is 2.41. The molecule has 0 unspecified atom stereocenters. The molecule has 1 aliphatic rings. The van der Waals surface area contributed by atoms with Crippen LogP contribution in [0.1, 0.15) is 11.8 Å². The minimum absolute atomic E-state index is 0.00850. The van der Waals surface area contributed by atoms with Gasteiger partial charge in [-0.05, 0) is 40.5 Å². The summed E-state index contributed by atoms with van der Waals surface area (Å²) in [4.78, 5) is 32.9. The second kappa shape index (κ2) is 9.72. The van der Waals surface area contributed by atoms with Gasteiger partial charge < -0.3 is 9.64 Å². The Morgan fingerprint density at radius 2 is 2.14 bits per heavy atom. The Morgan fingerprint density at radius 1 is 1.35 bits per heavy atom. The van der Waals surface area contributed by atoms with Crippen LogP contribution in [0, 0.1) is 17.7 Å². The van der Waals surface area contributed by atoms with Crippen LogP contribution in [-0.4, -0.2) is 56.0 Å². The van der Waals surface area contributed by atoms with E-state index in [4.69, 9.17) is 4.74 Å². The zero-order chi connectivity index (χ0) is 26.3. The highest BCUT2D eigenvalue weighted by molar-refractivity contribution is 9.10. The number of nitrogens with zero attached hydrogens (tertiary/aromatic N) is 5. The molecule has 5 rings (SSSR count). The maximum absolute atomic E-state index is 14.0. The lowest BCUT2D eigenvalue weighted by Gasteiger charge is -2.42. The van der Waals surface area contributed by atoms with Gasteiger partial charge in [-0.25, -0.2) is 13.8 Å². The van der Waals surface area contributed by atoms with Crippen molar-refractivity contribution in [2.45, 2.75) is 25.7 Å². The third kappa shape index (κ3) is 5.01. The lowest BCUT2D eigenvalue weighted by molar-refractivity contribution is -0.144. The van der Waals surface area contributed by atoms with Gasteiger partial charge >= 0.3 is 0 Å². The lowest BCUT2D eigenvalue weighted by atomic mass is 9.99. The van der Waals surface area contributed by atoms with E-state index in [1.165, 1.54) is 40.1 Å². The number of alkyl halides is 1. The van der Waals surface area contributed by atoms with Crippen LogP contribution in [0.15, 0.2) is 46.2 Å². The second-order valence-corrected chi connectivity index (χ2v) is 10.7. The molecule has 12 heteroatoms. The predicted octanol–water partition coefficient (Wildman–Crippen LogP) is 3.85. The predicted molar refractivity (Wildman–Crippen MR) is 139 cm³/mol. The zero-order valence-electron chi connectivity index (χ0n) is 19.8. The number of likely N-dealkylation sites (tertiary alicyclic amines) is 1. The average Bonchev–Trinajstić information content (AvgIpc) is 3.46. The highest BCUT2D eigenvalue weighted by atomic mass is 79.9. The maximum Gasteiger partial charge on any atom is 0.263 e. The molecule has 0 aliphatic carbocycles. The van der Waals surface area contributed by atoms with Gasteiger partial charge in [0.2, 0.25) is 5.91 Å². The van der Waals surface area contributed by atoms with E-state index in [-0.39, 0.29) is 41.9 Å². The van der Waals surface area contributed by atoms with E-state index >= 15 is 0 Å². The number of hydrogen-bond donors (Lipinski definition) is 0. The van der Waals surface area contributed by atoms with Crippen LogP contribution >= 0.6 is 27.3 Å². The first-order valence-electron chi connectivity index (χ1n) is 11.1. The minimum atomic E-state index is -1.41. The molecule has 1 saturated heterocycles. The number of amides is 1. The largest absolute Gasteiger partial charge is 0.493 e. The summed E-state index contributed by atoms with van der Waals surface area (Å²) in [6.07, 6.45) is 4.59. The van der Waals surface area contributed by atoms with E-state index in [1.807, 2.05) is 0 Å².